The van der Waals surface area contributed by atoms with Crippen LogP contribution in [0.1, 0.15) is 16.9 Å². The number of methoxy groups -OCH3 is 1. The Labute approximate surface area is 141 Å². The van der Waals surface area contributed by atoms with Gasteiger partial charge in [-0.3, -0.25) is 4.79 Å². The number of benzene rings is 2. The van der Waals surface area contributed by atoms with Gasteiger partial charge in [-0.1, -0.05) is 18.2 Å². The molecule has 0 fully saturated rings. The van der Waals surface area contributed by atoms with E-state index in [9.17, 15) is 18.0 Å². The number of rotatable bonds is 3. The molecular weight excluding hydrogens is 333 g/mol. The van der Waals surface area contributed by atoms with Crippen molar-refractivity contribution < 1.29 is 22.3 Å². The number of hydrogen-bond donors (Lipinski definition) is 0. The van der Waals surface area contributed by atoms with E-state index in [1.54, 1.807) is 24.3 Å². The minimum Gasteiger partial charge on any atom is -0.497 e. The molecule has 0 amide bonds. The van der Waals surface area contributed by atoms with Crippen molar-refractivity contribution >= 4 is 23.1 Å². The van der Waals surface area contributed by atoms with Gasteiger partial charge in [0.25, 0.3) is 0 Å². The molecule has 3 rings (SSSR count). The summed E-state index contributed by atoms with van der Waals surface area (Å²) in [6, 6.07) is 10.9. The summed E-state index contributed by atoms with van der Waals surface area (Å²) in [6.07, 6.45) is -1.26. The normalized spacial score (nSPS) is 12.0. The van der Waals surface area contributed by atoms with Gasteiger partial charge in [0.1, 0.15) is 17.1 Å². The lowest BCUT2D eigenvalue weighted by atomic mass is 10.1. The van der Waals surface area contributed by atoms with Crippen molar-refractivity contribution in [1.29, 1.82) is 0 Å². The van der Waals surface area contributed by atoms with Crippen LogP contribution in [0.2, 0.25) is 0 Å². The molecule has 0 bridgehead atoms. The van der Waals surface area contributed by atoms with Gasteiger partial charge in [-0.2, -0.15) is 13.2 Å². The Morgan fingerprint density at radius 2 is 1.72 bits per heavy atom. The fraction of sp³-hybridized carbons (Fsp3) is 0.105. The fourth-order valence-electron chi connectivity index (χ4n) is 2.32. The van der Waals surface area contributed by atoms with Gasteiger partial charge in [0.05, 0.1) is 18.1 Å². The second-order valence-corrected chi connectivity index (χ2v) is 5.33. The van der Waals surface area contributed by atoms with Crippen LogP contribution in [0.5, 0.6) is 5.75 Å². The maximum atomic E-state index is 12.5. The Morgan fingerprint density at radius 3 is 2.36 bits per heavy atom. The first-order valence-electron chi connectivity index (χ1n) is 7.34. The number of halogens is 3. The zero-order valence-electron chi connectivity index (χ0n) is 13.1. The van der Waals surface area contributed by atoms with E-state index in [2.05, 4.69) is 0 Å². The van der Waals surface area contributed by atoms with Crippen molar-refractivity contribution in [3.63, 3.8) is 0 Å². The van der Waals surface area contributed by atoms with Crippen LogP contribution in [0.4, 0.5) is 13.2 Å². The predicted molar refractivity (Wildman–Crippen MR) is 89.4 cm³/mol. The van der Waals surface area contributed by atoms with Crippen LogP contribution < -0.4 is 10.2 Å². The standard InChI is InChI=1S/C19H13F3O3/c1-24-14-8-9-16-17(23)10-15(25-18(16)11-14)7-4-12-2-5-13(6-3-12)19(20,21)22/h2-11H,1H3/b7-4+. The van der Waals surface area contributed by atoms with Crippen LogP contribution in [0.25, 0.3) is 23.1 Å². The minimum absolute atomic E-state index is 0.212. The van der Waals surface area contributed by atoms with Crippen LogP contribution in [0.15, 0.2) is 57.7 Å². The van der Waals surface area contributed by atoms with Crippen molar-refractivity contribution in [2.75, 3.05) is 7.11 Å². The molecule has 0 aliphatic carbocycles. The number of alkyl halides is 3. The van der Waals surface area contributed by atoms with E-state index in [1.807, 2.05) is 0 Å². The fourth-order valence-corrected chi connectivity index (χ4v) is 2.32. The van der Waals surface area contributed by atoms with Crippen molar-refractivity contribution in [2.45, 2.75) is 6.18 Å². The lowest BCUT2D eigenvalue weighted by Gasteiger charge is -2.06. The van der Waals surface area contributed by atoms with E-state index < -0.39 is 11.7 Å². The molecule has 1 heterocycles. The molecule has 0 aliphatic rings. The first kappa shape index (κ1) is 16.8. The Bertz CT molecular complexity index is 983. The van der Waals surface area contributed by atoms with Gasteiger partial charge < -0.3 is 9.15 Å². The van der Waals surface area contributed by atoms with Gasteiger partial charge in [0.2, 0.25) is 0 Å². The summed E-state index contributed by atoms with van der Waals surface area (Å²) in [5, 5.41) is 0.424. The Kier molecular flexibility index (Phi) is 4.35. The highest BCUT2D eigenvalue weighted by atomic mass is 19.4. The summed E-state index contributed by atoms with van der Waals surface area (Å²) >= 11 is 0. The molecule has 3 nitrogen and oxygen atoms in total. The maximum Gasteiger partial charge on any atom is 0.416 e. The molecular formula is C19H13F3O3. The van der Waals surface area contributed by atoms with Gasteiger partial charge in [-0.15, -0.1) is 0 Å². The number of fused-ring (bicyclic) bond motifs is 1. The van der Waals surface area contributed by atoms with Crippen molar-refractivity contribution in [1.82, 2.24) is 0 Å². The lowest BCUT2D eigenvalue weighted by molar-refractivity contribution is -0.137. The lowest BCUT2D eigenvalue weighted by Crippen LogP contribution is -2.03. The van der Waals surface area contributed by atoms with Crippen molar-refractivity contribution in [2.24, 2.45) is 0 Å². The van der Waals surface area contributed by atoms with Gasteiger partial charge in [0, 0.05) is 12.1 Å². The second-order valence-electron chi connectivity index (χ2n) is 5.33. The van der Waals surface area contributed by atoms with Crippen LogP contribution in [-0.2, 0) is 6.18 Å². The van der Waals surface area contributed by atoms with E-state index in [-0.39, 0.29) is 5.43 Å². The third-order valence-corrected chi connectivity index (χ3v) is 3.63. The summed E-state index contributed by atoms with van der Waals surface area (Å²) in [4.78, 5) is 12.1. The third kappa shape index (κ3) is 3.74. The highest BCUT2D eigenvalue weighted by Crippen LogP contribution is 2.29. The minimum atomic E-state index is -4.37. The van der Waals surface area contributed by atoms with Gasteiger partial charge in [0.15, 0.2) is 5.43 Å². The average molecular weight is 346 g/mol. The summed E-state index contributed by atoms with van der Waals surface area (Å²) in [6.45, 7) is 0. The topological polar surface area (TPSA) is 39.4 Å². The van der Waals surface area contributed by atoms with E-state index in [1.165, 1.54) is 31.4 Å². The summed E-state index contributed by atoms with van der Waals surface area (Å²) in [5.41, 5.74) is 0.00487. The van der Waals surface area contributed by atoms with Crippen LogP contribution in [-0.4, -0.2) is 7.11 Å². The molecule has 25 heavy (non-hydrogen) atoms. The maximum absolute atomic E-state index is 12.5. The second kappa shape index (κ2) is 6.47. The van der Waals surface area contributed by atoms with Crippen molar-refractivity contribution in [3.05, 3.63) is 75.6 Å². The highest BCUT2D eigenvalue weighted by Gasteiger charge is 2.29. The molecule has 1 aromatic heterocycles. The summed E-state index contributed by atoms with van der Waals surface area (Å²) in [7, 11) is 1.51. The molecule has 0 atom stereocenters. The smallest absolute Gasteiger partial charge is 0.416 e. The predicted octanol–water partition coefficient (Wildman–Crippen LogP) is 4.99. The summed E-state index contributed by atoms with van der Waals surface area (Å²) in [5.74, 6) is 0.852. The number of hydrogen-bond acceptors (Lipinski definition) is 3. The molecule has 0 unspecified atom stereocenters. The Hall–Kier alpha value is -3.02. The Balaban J connectivity index is 1.92. The Morgan fingerprint density at radius 1 is 1.00 bits per heavy atom. The van der Waals surface area contributed by atoms with E-state index in [4.69, 9.17) is 9.15 Å². The SMILES string of the molecule is COc1ccc2c(=O)cc(/C=C/c3ccc(C(F)(F)F)cc3)oc2c1. The van der Waals surface area contributed by atoms with Crippen LogP contribution in [0.3, 0.4) is 0 Å². The zero-order valence-corrected chi connectivity index (χ0v) is 13.1. The molecule has 0 saturated heterocycles. The molecule has 3 aromatic rings. The first-order valence-corrected chi connectivity index (χ1v) is 7.34. The molecule has 2 aromatic carbocycles. The molecule has 0 saturated carbocycles. The molecule has 0 radical (unpaired) electrons. The molecule has 0 aliphatic heterocycles. The van der Waals surface area contributed by atoms with Crippen LogP contribution in [0, 0.1) is 0 Å². The van der Waals surface area contributed by atoms with Crippen molar-refractivity contribution in [3.8, 4) is 5.75 Å². The first-order chi connectivity index (χ1) is 11.9. The monoisotopic (exact) mass is 346 g/mol. The quantitative estimate of drug-likeness (QED) is 0.671. The average Bonchev–Trinajstić information content (AvgIpc) is 2.59. The largest absolute Gasteiger partial charge is 0.497 e. The van der Waals surface area contributed by atoms with Gasteiger partial charge >= 0.3 is 6.18 Å². The molecule has 0 N–H and O–H groups in total. The van der Waals surface area contributed by atoms with Gasteiger partial charge in [-0.05, 0) is 35.9 Å². The van der Waals surface area contributed by atoms with E-state index in [0.717, 1.165) is 12.1 Å². The summed E-state index contributed by atoms with van der Waals surface area (Å²) < 4.78 is 48.4. The molecule has 0 spiro atoms. The van der Waals surface area contributed by atoms with E-state index >= 15 is 0 Å². The highest BCUT2D eigenvalue weighted by molar-refractivity contribution is 5.79. The molecule has 128 valence electrons. The zero-order chi connectivity index (χ0) is 18.0. The van der Waals surface area contributed by atoms with Gasteiger partial charge in [-0.25, -0.2) is 0 Å². The third-order valence-electron chi connectivity index (χ3n) is 3.63. The van der Waals surface area contributed by atoms with Crippen LogP contribution >= 0.6 is 0 Å². The number of ether oxygens (including phenoxy) is 1. The molecule has 6 heteroatoms. The van der Waals surface area contributed by atoms with E-state index in [0.29, 0.717) is 28.0 Å².